The van der Waals surface area contributed by atoms with Gasteiger partial charge in [-0.25, -0.2) is 0 Å². The number of carbonyl (C=O) groups is 1. The zero-order valence-corrected chi connectivity index (χ0v) is 17.9. The Morgan fingerprint density at radius 2 is 2.00 bits per heavy atom. The Morgan fingerprint density at radius 3 is 2.62 bits per heavy atom. The van der Waals surface area contributed by atoms with Crippen LogP contribution in [0.3, 0.4) is 0 Å². The van der Waals surface area contributed by atoms with Crippen molar-refractivity contribution in [3.63, 3.8) is 0 Å². The summed E-state index contributed by atoms with van der Waals surface area (Å²) < 4.78 is 7.75. The van der Waals surface area contributed by atoms with Gasteiger partial charge >= 0.3 is 0 Å². The second-order valence-corrected chi connectivity index (χ2v) is 7.88. The van der Waals surface area contributed by atoms with Crippen molar-refractivity contribution in [3.8, 4) is 11.4 Å². The van der Waals surface area contributed by atoms with Gasteiger partial charge < -0.3 is 14.8 Å². The van der Waals surface area contributed by atoms with Crippen LogP contribution in [0.4, 0.5) is 0 Å². The summed E-state index contributed by atoms with van der Waals surface area (Å²) in [4.78, 5) is 12.4. The van der Waals surface area contributed by atoms with Crippen molar-refractivity contribution in [2.45, 2.75) is 46.3 Å². The van der Waals surface area contributed by atoms with E-state index in [4.69, 9.17) is 16.6 Å². The lowest BCUT2D eigenvalue weighted by Gasteiger charge is -2.23. The molecule has 0 aliphatic rings. The van der Waals surface area contributed by atoms with Gasteiger partial charge in [-0.3, -0.25) is 14.5 Å². The first-order valence-corrected chi connectivity index (χ1v) is 9.87. The molecule has 3 N–H and O–H groups in total. The summed E-state index contributed by atoms with van der Waals surface area (Å²) in [5.74, 6) is 1.89. The lowest BCUT2D eigenvalue weighted by Crippen LogP contribution is -2.39. The molecule has 154 valence electrons. The van der Waals surface area contributed by atoms with E-state index in [-0.39, 0.29) is 18.9 Å². The van der Waals surface area contributed by atoms with Gasteiger partial charge in [0, 0.05) is 24.1 Å². The quantitative estimate of drug-likeness (QED) is 0.514. The number of benzene rings is 1. The monoisotopic (exact) mass is 414 g/mol. The number of aryl methyl sites for hydroxylation is 3. The molecule has 3 aromatic rings. The summed E-state index contributed by atoms with van der Waals surface area (Å²) in [6.45, 7) is 7.78. The molecular weight excluding hydrogens is 388 g/mol. The molecule has 3 rings (SSSR count). The zero-order chi connectivity index (χ0) is 21.2. The second-order valence-electron chi connectivity index (χ2n) is 7.50. The summed E-state index contributed by atoms with van der Waals surface area (Å²) in [7, 11) is 0. The third kappa shape index (κ3) is 4.83. The van der Waals surface area contributed by atoms with Crippen molar-refractivity contribution in [2.75, 3.05) is 6.54 Å². The normalized spacial score (nSPS) is 13.3. The first-order valence-electron chi connectivity index (χ1n) is 9.46. The number of nitrogens with one attached hydrogen (secondary N) is 2. The molecule has 2 heterocycles. The molecule has 2 aromatic heterocycles. The van der Waals surface area contributed by atoms with Crippen molar-refractivity contribution >= 4 is 18.1 Å². The summed E-state index contributed by atoms with van der Waals surface area (Å²) in [5.41, 5.74) is 1.55. The van der Waals surface area contributed by atoms with Gasteiger partial charge in [-0.15, -0.1) is 0 Å². The molecule has 8 heteroatoms. The first-order chi connectivity index (χ1) is 13.7. The van der Waals surface area contributed by atoms with Crippen LogP contribution >= 0.6 is 12.2 Å². The van der Waals surface area contributed by atoms with Crippen LogP contribution in [0.5, 0.6) is 0 Å². The fourth-order valence-electron chi connectivity index (χ4n) is 3.28. The van der Waals surface area contributed by atoms with Crippen molar-refractivity contribution < 1.29 is 14.3 Å². The number of furan rings is 1. The van der Waals surface area contributed by atoms with Crippen LogP contribution in [0.2, 0.25) is 0 Å². The number of carbonyl (C=O) groups excluding carboxylic acids is 1. The van der Waals surface area contributed by atoms with Gasteiger partial charge in [-0.05, 0) is 46.0 Å². The van der Waals surface area contributed by atoms with Crippen LogP contribution < -0.4 is 5.32 Å². The predicted octanol–water partition coefficient (Wildman–Crippen LogP) is 3.54. The molecule has 0 bridgehead atoms. The van der Waals surface area contributed by atoms with Crippen LogP contribution in [-0.4, -0.2) is 32.3 Å². The van der Waals surface area contributed by atoms with Crippen LogP contribution in [-0.2, 0) is 16.9 Å². The van der Waals surface area contributed by atoms with Gasteiger partial charge in [0.25, 0.3) is 0 Å². The molecule has 7 nitrogen and oxygen atoms in total. The second kappa shape index (κ2) is 8.34. The summed E-state index contributed by atoms with van der Waals surface area (Å²) >= 11 is 5.32. The minimum atomic E-state index is -1.21. The SMILES string of the molecule is Cc1ccc(-c2n[nH]c(=S)n2CCC(=O)NC[C@](C)(O)c2cc(C)oc2C)cc1. The number of aliphatic hydroxyl groups is 1. The van der Waals surface area contributed by atoms with E-state index in [1.807, 2.05) is 38.1 Å². The zero-order valence-electron chi connectivity index (χ0n) is 17.1. The fraction of sp³-hybridized carbons (Fsp3) is 0.381. The van der Waals surface area contributed by atoms with Crippen molar-refractivity contribution in [2.24, 2.45) is 0 Å². The Bertz CT molecular complexity index is 1060. The molecule has 0 aliphatic heterocycles. The van der Waals surface area contributed by atoms with Gasteiger partial charge in [0.1, 0.15) is 17.1 Å². The number of aromatic nitrogens is 3. The van der Waals surface area contributed by atoms with Crippen molar-refractivity contribution in [1.29, 1.82) is 0 Å². The third-order valence-electron chi connectivity index (χ3n) is 4.88. The maximum absolute atomic E-state index is 12.4. The van der Waals surface area contributed by atoms with E-state index in [1.165, 1.54) is 0 Å². The van der Waals surface area contributed by atoms with Crippen LogP contribution in [0.1, 0.15) is 36.0 Å². The number of nitrogens with zero attached hydrogens (tertiary/aromatic N) is 2. The van der Waals surface area contributed by atoms with E-state index < -0.39 is 5.60 Å². The molecule has 1 amide bonds. The Balaban J connectivity index is 1.63. The van der Waals surface area contributed by atoms with Gasteiger partial charge in [-0.1, -0.05) is 29.8 Å². The number of hydrogen-bond acceptors (Lipinski definition) is 5. The van der Waals surface area contributed by atoms with E-state index in [0.717, 1.165) is 16.9 Å². The van der Waals surface area contributed by atoms with Crippen LogP contribution in [0.25, 0.3) is 11.4 Å². The molecule has 29 heavy (non-hydrogen) atoms. The number of H-pyrrole nitrogens is 1. The largest absolute Gasteiger partial charge is 0.466 e. The average molecular weight is 415 g/mol. The number of aromatic amines is 1. The van der Waals surface area contributed by atoms with E-state index in [2.05, 4.69) is 15.5 Å². The highest BCUT2D eigenvalue weighted by atomic mass is 32.1. The maximum atomic E-state index is 12.4. The fourth-order valence-corrected chi connectivity index (χ4v) is 3.50. The minimum absolute atomic E-state index is 0.0905. The highest BCUT2D eigenvalue weighted by Crippen LogP contribution is 2.26. The summed E-state index contributed by atoms with van der Waals surface area (Å²) in [6, 6.07) is 9.75. The molecule has 0 aliphatic carbocycles. The van der Waals surface area contributed by atoms with E-state index in [9.17, 15) is 9.90 Å². The minimum Gasteiger partial charge on any atom is -0.466 e. The smallest absolute Gasteiger partial charge is 0.221 e. The van der Waals surface area contributed by atoms with Crippen molar-refractivity contribution in [3.05, 3.63) is 57.8 Å². The van der Waals surface area contributed by atoms with Gasteiger partial charge in [0.15, 0.2) is 10.6 Å². The van der Waals surface area contributed by atoms with Gasteiger partial charge in [0.05, 0.1) is 6.54 Å². The molecule has 0 radical (unpaired) electrons. The summed E-state index contributed by atoms with van der Waals surface area (Å²) in [6.07, 6.45) is 0.214. The van der Waals surface area contributed by atoms with E-state index in [0.29, 0.717) is 28.5 Å². The predicted molar refractivity (Wildman–Crippen MR) is 113 cm³/mol. The van der Waals surface area contributed by atoms with Crippen LogP contribution in [0, 0.1) is 25.5 Å². The van der Waals surface area contributed by atoms with Crippen molar-refractivity contribution in [1.82, 2.24) is 20.1 Å². The standard InChI is InChI=1S/C21H26N4O3S/c1-13-5-7-16(8-6-13)19-23-24-20(29)25(19)10-9-18(26)22-12-21(4,27)17-11-14(2)28-15(17)3/h5-8,11,27H,9-10,12H2,1-4H3,(H,22,26)(H,24,29)/t21-/m0/s1. The average Bonchev–Trinajstić information content (AvgIpc) is 3.21. The Hall–Kier alpha value is -2.71. The molecule has 1 aromatic carbocycles. The van der Waals surface area contributed by atoms with Crippen LogP contribution in [0.15, 0.2) is 34.7 Å². The van der Waals surface area contributed by atoms with Gasteiger partial charge in [-0.2, -0.15) is 5.10 Å². The highest BCUT2D eigenvalue weighted by molar-refractivity contribution is 7.71. The Kier molecular flexibility index (Phi) is 6.04. The number of hydrogen-bond donors (Lipinski definition) is 3. The molecule has 0 spiro atoms. The highest BCUT2D eigenvalue weighted by Gasteiger charge is 2.28. The first kappa shape index (κ1) is 21.0. The molecule has 0 saturated carbocycles. The Labute approximate surface area is 174 Å². The Morgan fingerprint density at radius 1 is 1.31 bits per heavy atom. The topological polar surface area (TPSA) is 96.1 Å². The van der Waals surface area contributed by atoms with E-state index >= 15 is 0 Å². The molecule has 0 saturated heterocycles. The van der Waals surface area contributed by atoms with Gasteiger partial charge in [0.2, 0.25) is 5.91 Å². The summed E-state index contributed by atoms with van der Waals surface area (Å²) in [5, 5.41) is 20.6. The number of amides is 1. The third-order valence-corrected chi connectivity index (χ3v) is 5.19. The molecular formula is C21H26N4O3S. The maximum Gasteiger partial charge on any atom is 0.221 e. The molecule has 1 atom stereocenters. The lowest BCUT2D eigenvalue weighted by molar-refractivity contribution is -0.122. The molecule has 0 fully saturated rings. The van der Waals surface area contributed by atoms with E-state index in [1.54, 1.807) is 24.5 Å². The lowest BCUT2D eigenvalue weighted by atomic mass is 9.96. The molecule has 0 unspecified atom stereocenters. The number of rotatable bonds is 7.